The molecule has 1 N–H and O–H groups in total. The van der Waals surface area contributed by atoms with E-state index in [2.05, 4.69) is 64.0 Å². The van der Waals surface area contributed by atoms with Crippen LogP contribution in [0, 0.1) is 0 Å². The molecule has 168 valence electrons. The van der Waals surface area contributed by atoms with E-state index in [1.165, 1.54) is 22.9 Å². The molecular formula is C26H25ClN4OS. The molecule has 1 heterocycles. The average Bonchev–Trinajstić information content (AvgIpc) is 3.22. The van der Waals surface area contributed by atoms with Crippen molar-refractivity contribution in [3.8, 4) is 11.4 Å². The molecule has 1 amide bonds. The summed E-state index contributed by atoms with van der Waals surface area (Å²) < 4.78 is 1.86. The average molecular weight is 477 g/mol. The minimum atomic E-state index is -0.0258. The van der Waals surface area contributed by atoms with Crippen molar-refractivity contribution in [1.29, 1.82) is 0 Å². The van der Waals surface area contributed by atoms with Gasteiger partial charge in [-0.15, -0.1) is 10.2 Å². The predicted octanol–water partition coefficient (Wildman–Crippen LogP) is 5.57. The fourth-order valence-corrected chi connectivity index (χ4v) is 4.71. The van der Waals surface area contributed by atoms with E-state index in [1.54, 1.807) is 0 Å². The molecular weight excluding hydrogens is 452 g/mol. The maximum absolute atomic E-state index is 12.5. The van der Waals surface area contributed by atoms with Crippen molar-refractivity contribution in [2.75, 3.05) is 12.3 Å². The van der Waals surface area contributed by atoms with E-state index in [-0.39, 0.29) is 17.6 Å². The first-order valence-corrected chi connectivity index (χ1v) is 12.1. The van der Waals surface area contributed by atoms with Gasteiger partial charge in [0.25, 0.3) is 0 Å². The van der Waals surface area contributed by atoms with E-state index < -0.39 is 0 Å². The van der Waals surface area contributed by atoms with Crippen molar-refractivity contribution < 1.29 is 4.79 Å². The van der Waals surface area contributed by atoms with Gasteiger partial charge in [0, 0.05) is 25.1 Å². The van der Waals surface area contributed by atoms with Gasteiger partial charge in [0.1, 0.15) is 0 Å². The lowest BCUT2D eigenvalue weighted by molar-refractivity contribution is -0.118. The maximum atomic E-state index is 12.5. The minimum Gasteiger partial charge on any atom is -0.355 e. The van der Waals surface area contributed by atoms with Gasteiger partial charge in [0.15, 0.2) is 11.0 Å². The van der Waals surface area contributed by atoms with Gasteiger partial charge in [0.05, 0.1) is 10.8 Å². The lowest BCUT2D eigenvalue weighted by Crippen LogP contribution is -2.27. The summed E-state index contributed by atoms with van der Waals surface area (Å²) in [5.41, 5.74) is 3.32. The number of thioether (sulfide) groups is 1. The molecule has 3 aromatic carbocycles. The second-order valence-electron chi connectivity index (χ2n) is 7.65. The summed E-state index contributed by atoms with van der Waals surface area (Å²) in [5.74, 6) is 1.16. The summed E-state index contributed by atoms with van der Waals surface area (Å²) in [4.78, 5) is 12.5. The minimum absolute atomic E-state index is 0.0258. The molecule has 0 aliphatic rings. The first-order valence-electron chi connectivity index (χ1n) is 10.8. The number of aromatic nitrogens is 3. The maximum Gasteiger partial charge on any atom is 0.230 e. The van der Waals surface area contributed by atoms with Gasteiger partial charge in [-0.05, 0) is 29.7 Å². The van der Waals surface area contributed by atoms with Crippen LogP contribution in [0.5, 0.6) is 0 Å². The van der Waals surface area contributed by atoms with Gasteiger partial charge in [0.2, 0.25) is 5.91 Å². The number of nitrogens with one attached hydrogen (secondary N) is 1. The molecule has 0 radical (unpaired) electrons. The van der Waals surface area contributed by atoms with Crippen LogP contribution in [0.4, 0.5) is 0 Å². The third-order valence-corrected chi connectivity index (χ3v) is 6.79. The number of amides is 1. The highest BCUT2D eigenvalue weighted by atomic mass is 35.5. The summed E-state index contributed by atoms with van der Waals surface area (Å²) in [6.45, 7) is 0.595. The zero-order chi connectivity index (χ0) is 23.0. The Hall–Kier alpha value is -3.09. The zero-order valence-corrected chi connectivity index (χ0v) is 19.9. The van der Waals surface area contributed by atoms with Gasteiger partial charge in [-0.1, -0.05) is 96.2 Å². The van der Waals surface area contributed by atoms with Crippen LogP contribution >= 0.6 is 23.4 Å². The lowest BCUT2D eigenvalue weighted by Gasteiger charge is -2.18. The number of hydrogen-bond donors (Lipinski definition) is 1. The molecule has 7 heteroatoms. The standard InChI is InChI=1S/C26H25ClN4OS/c1-31-25(22-14-8-9-15-23(22)27)29-30-26(31)33-18-24(32)28-17-16-21(19-10-4-2-5-11-19)20-12-6-3-7-13-20/h2-15,21H,16-18H2,1H3,(H,28,32). The summed E-state index contributed by atoms with van der Waals surface area (Å²) in [7, 11) is 1.88. The van der Waals surface area contributed by atoms with E-state index in [0.717, 1.165) is 12.0 Å². The van der Waals surface area contributed by atoms with Gasteiger partial charge >= 0.3 is 0 Å². The Balaban J connectivity index is 1.33. The molecule has 5 nitrogen and oxygen atoms in total. The van der Waals surface area contributed by atoms with E-state index in [4.69, 9.17) is 11.6 Å². The van der Waals surface area contributed by atoms with Crippen LogP contribution in [0.25, 0.3) is 11.4 Å². The van der Waals surface area contributed by atoms with E-state index >= 15 is 0 Å². The highest BCUT2D eigenvalue weighted by molar-refractivity contribution is 7.99. The molecule has 4 aromatic rings. The number of nitrogens with zero attached hydrogens (tertiary/aromatic N) is 3. The quantitative estimate of drug-likeness (QED) is 0.321. The summed E-state index contributed by atoms with van der Waals surface area (Å²) in [6.07, 6.45) is 0.824. The van der Waals surface area contributed by atoms with E-state index in [0.29, 0.717) is 22.5 Å². The third kappa shape index (κ3) is 5.83. The molecule has 0 spiro atoms. The van der Waals surface area contributed by atoms with Crippen molar-refractivity contribution in [3.05, 3.63) is 101 Å². The molecule has 0 bridgehead atoms. The van der Waals surface area contributed by atoms with Crippen molar-refractivity contribution in [2.24, 2.45) is 7.05 Å². The Morgan fingerprint density at radius 2 is 1.55 bits per heavy atom. The fourth-order valence-electron chi connectivity index (χ4n) is 3.75. The highest BCUT2D eigenvalue weighted by Gasteiger charge is 2.16. The van der Waals surface area contributed by atoms with Gasteiger partial charge in [-0.2, -0.15) is 0 Å². The predicted molar refractivity (Wildman–Crippen MR) is 135 cm³/mol. The molecule has 0 aliphatic heterocycles. The lowest BCUT2D eigenvalue weighted by atomic mass is 9.88. The number of hydrogen-bond acceptors (Lipinski definition) is 4. The van der Waals surface area contributed by atoms with Crippen LogP contribution in [0.15, 0.2) is 90.1 Å². The first kappa shape index (κ1) is 23.1. The summed E-state index contributed by atoms with van der Waals surface area (Å²) >= 11 is 7.65. The molecule has 0 atom stereocenters. The Kier molecular flexibility index (Phi) is 7.81. The largest absolute Gasteiger partial charge is 0.355 e. The number of carbonyl (C=O) groups excluding carboxylic acids is 1. The van der Waals surface area contributed by atoms with Crippen molar-refractivity contribution in [3.63, 3.8) is 0 Å². The van der Waals surface area contributed by atoms with Gasteiger partial charge in [-0.25, -0.2) is 0 Å². The summed E-state index contributed by atoms with van der Waals surface area (Å²) in [5, 5.41) is 12.8. The molecule has 0 unspecified atom stereocenters. The molecule has 33 heavy (non-hydrogen) atoms. The Morgan fingerprint density at radius 3 is 2.18 bits per heavy atom. The van der Waals surface area contributed by atoms with E-state index in [1.807, 2.05) is 48.0 Å². The first-order chi connectivity index (χ1) is 16.1. The van der Waals surface area contributed by atoms with Gasteiger partial charge < -0.3 is 9.88 Å². The number of carbonyl (C=O) groups is 1. The van der Waals surface area contributed by atoms with E-state index in [9.17, 15) is 4.79 Å². The smallest absolute Gasteiger partial charge is 0.230 e. The molecule has 0 saturated carbocycles. The topological polar surface area (TPSA) is 59.8 Å². The number of rotatable bonds is 9. The summed E-state index contributed by atoms with van der Waals surface area (Å²) in [6, 6.07) is 28.3. The SMILES string of the molecule is Cn1c(SCC(=O)NCCC(c2ccccc2)c2ccccc2)nnc1-c1ccccc1Cl. The van der Waals surface area contributed by atoms with Crippen molar-refractivity contribution >= 4 is 29.3 Å². The van der Waals surface area contributed by atoms with Crippen LogP contribution in [0.1, 0.15) is 23.5 Å². The normalized spacial score (nSPS) is 11.0. The third-order valence-electron chi connectivity index (χ3n) is 5.44. The Labute approximate surface area is 203 Å². The monoisotopic (exact) mass is 476 g/mol. The molecule has 1 aromatic heterocycles. The number of halogens is 1. The molecule has 4 rings (SSSR count). The molecule has 0 aliphatic carbocycles. The molecule has 0 fully saturated rings. The van der Waals surface area contributed by atoms with Crippen molar-refractivity contribution in [2.45, 2.75) is 17.5 Å². The Morgan fingerprint density at radius 1 is 0.939 bits per heavy atom. The molecule has 0 saturated heterocycles. The van der Waals surface area contributed by atoms with Gasteiger partial charge in [-0.3, -0.25) is 4.79 Å². The van der Waals surface area contributed by atoms with Crippen LogP contribution in [0.3, 0.4) is 0 Å². The van der Waals surface area contributed by atoms with Crippen LogP contribution < -0.4 is 5.32 Å². The highest BCUT2D eigenvalue weighted by Crippen LogP contribution is 2.29. The second-order valence-corrected chi connectivity index (χ2v) is 9.00. The van der Waals surface area contributed by atoms with Crippen LogP contribution in [-0.2, 0) is 11.8 Å². The van der Waals surface area contributed by atoms with Crippen molar-refractivity contribution in [1.82, 2.24) is 20.1 Å². The fraction of sp³-hybridized carbons (Fsp3) is 0.192. The Bertz CT molecular complexity index is 1160. The number of benzene rings is 3. The second kappa shape index (κ2) is 11.2. The zero-order valence-electron chi connectivity index (χ0n) is 18.3. The van der Waals surface area contributed by atoms with Crippen LogP contribution in [-0.4, -0.2) is 33.0 Å². The van der Waals surface area contributed by atoms with Crippen LogP contribution in [0.2, 0.25) is 5.02 Å².